The smallest absolute Gasteiger partial charge is 0.191 e. The van der Waals surface area contributed by atoms with Crippen LogP contribution in [0.4, 0.5) is 0 Å². The van der Waals surface area contributed by atoms with Gasteiger partial charge in [0.2, 0.25) is 0 Å². The highest BCUT2D eigenvalue weighted by Gasteiger charge is 2.23. The molecule has 28 heavy (non-hydrogen) atoms. The van der Waals surface area contributed by atoms with Crippen LogP contribution in [0.25, 0.3) is 0 Å². The second kappa shape index (κ2) is 10.8. The summed E-state index contributed by atoms with van der Waals surface area (Å²) in [4.78, 5) is 8.80. The third kappa shape index (κ3) is 5.70. The molecule has 0 radical (unpaired) electrons. The van der Waals surface area contributed by atoms with E-state index in [1.165, 1.54) is 25.7 Å². The quantitative estimate of drug-likeness (QED) is 0.280. The number of thioether (sulfide) groups is 1. The molecule has 154 valence electrons. The van der Waals surface area contributed by atoms with Crippen LogP contribution in [0.3, 0.4) is 0 Å². The van der Waals surface area contributed by atoms with Crippen molar-refractivity contribution in [3.8, 4) is 0 Å². The van der Waals surface area contributed by atoms with Gasteiger partial charge in [0.15, 0.2) is 11.1 Å². The Morgan fingerprint density at radius 1 is 1.25 bits per heavy atom. The van der Waals surface area contributed by atoms with E-state index >= 15 is 0 Å². The highest BCUT2D eigenvalue weighted by atomic mass is 32.2. The van der Waals surface area contributed by atoms with Crippen molar-refractivity contribution in [1.29, 1.82) is 0 Å². The van der Waals surface area contributed by atoms with E-state index in [-0.39, 0.29) is 0 Å². The highest BCUT2D eigenvalue weighted by Crippen LogP contribution is 2.33. The fraction of sp³-hybridized carbons (Fsp3) is 0.684. The maximum atomic E-state index is 4.49. The molecule has 0 saturated heterocycles. The van der Waals surface area contributed by atoms with E-state index in [0.29, 0.717) is 6.04 Å². The van der Waals surface area contributed by atoms with Crippen LogP contribution in [0.1, 0.15) is 54.7 Å². The summed E-state index contributed by atoms with van der Waals surface area (Å²) in [6.45, 7) is 3.73. The molecule has 2 aromatic rings. The van der Waals surface area contributed by atoms with Gasteiger partial charge < -0.3 is 15.2 Å². The molecule has 2 aromatic heterocycles. The van der Waals surface area contributed by atoms with Gasteiger partial charge in [-0.3, -0.25) is 4.99 Å². The Hall–Kier alpha value is -1.61. The number of guanidine groups is 1. The van der Waals surface area contributed by atoms with Crippen molar-refractivity contribution >= 4 is 29.1 Å². The summed E-state index contributed by atoms with van der Waals surface area (Å²) in [6.07, 6.45) is 10.1. The lowest BCUT2D eigenvalue weighted by molar-refractivity contribution is 0.460. The molecule has 1 aliphatic rings. The minimum atomic E-state index is 0.587. The first-order chi connectivity index (χ1) is 13.7. The van der Waals surface area contributed by atoms with Crippen LogP contribution in [0.5, 0.6) is 0 Å². The number of aliphatic imine (C=N–C) groups is 1. The molecule has 0 unspecified atom stereocenters. The fourth-order valence-corrected chi connectivity index (χ4v) is 4.87. The molecule has 1 saturated carbocycles. The Labute approximate surface area is 175 Å². The number of hydrogen-bond donors (Lipinski definition) is 2. The Morgan fingerprint density at radius 3 is 2.71 bits per heavy atom. The van der Waals surface area contributed by atoms with E-state index in [0.717, 1.165) is 60.0 Å². The Balaban J connectivity index is 1.41. The first-order valence-corrected chi connectivity index (χ1v) is 12.1. The topological polar surface area (TPSA) is 80.0 Å². The van der Waals surface area contributed by atoms with E-state index in [9.17, 15) is 0 Å². The molecule has 0 bridgehead atoms. The highest BCUT2D eigenvalue weighted by molar-refractivity contribution is 7.98. The van der Waals surface area contributed by atoms with Gasteiger partial charge in [-0.2, -0.15) is 0 Å². The number of rotatable bonds is 9. The van der Waals surface area contributed by atoms with Crippen LogP contribution < -0.4 is 10.6 Å². The third-order valence-electron chi connectivity index (χ3n) is 5.04. The van der Waals surface area contributed by atoms with Gasteiger partial charge in [-0.05, 0) is 32.4 Å². The molecule has 1 fully saturated rings. The molecule has 0 aliphatic heterocycles. The number of aryl methyl sites for hydroxylation is 2. The van der Waals surface area contributed by atoms with Gasteiger partial charge in [0.1, 0.15) is 5.82 Å². The number of nitrogens with zero attached hydrogens (tertiary/aromatic N) is 5. The molecule has 2 heterocycles. The van der Waals surface area contributed by atoms with E-state index in [4.69, 9.17) is 0 Å². The summed E-state index contributed by atoms with van der Waals surface area (Å²) in [7, 11) is 1.81. The Morgan fingerprint density at radius 2 is 2.04 bits per heavy atom. The maximum absolute atomic E-state index is 4.49. The second-order valence-corrected chi connectivity index (χ2v) is 8.88. The Kier molecular flexibility index (Phi) is 8.14. The molecule has 0 spiro atoms. The molecule has 9 heteroatoms. The molecule has 2 N–H and O–H groups in total. The molecular weight excluding hydrogens is 390 g/mol. The predicted octanol–water partition coefficient (Wildman–Crippen LogP) is 3.22. The average Bonchev–Trinajstić information content (AvgIpc) is 3.44. The van der Waals surface area contributed by atoms with Gasteiger partial charge in [-0.1, -0.05) is 24.6 Å². The summed E-state index contributed by atoms with van der Waals surface area (Å²) >= 11 is 3.40. The van der Waals surface area contributed by atoms with Crippen LogP contribution in [0.2, 0.25) is 0 Å². The number of thiazole rings is 1. The molecular formula is C19H31N7S2. The zero-order valence-corrected chi connectivity index (χ0v) is 18.7. The zero-order valence-electron chi connectivity index (χ0n) is 17.1. The average molecular weight is 422 g/mol. The molecule has 1 aliphatic carbocycles. The van der Waals surface area contributed by atoms with Crippen molar-refractivity contribution in [2.24, 2.45) is 4.99 Å². The van der Waals surface area contributed by atoms with E-state index < -0.39 is 0 Å². The maximum Gasteiger partial charge on any atom is 0.191 e. The summed E-state index contributed by atoms with van der Waals surface area (Å²) in [6, 6.07) is 0.587. The molecule has 0 amide bonds. The lowest BCUT2D eigenvalue weighted by Gasteiger charge is -2.16. The normalized spacial score (nSPS) is 15.3. The van der Waals surface area contributed by atoms with Crippen LogP contribution in [-0.2, 0) is 12.8 Å². The lowest BCUT2D eigenvalue weighted by Crippen LogP contribution is -2.38. The first kappa shape index (κ1) is 21.1. The number of nitrogens with one attached hydrogen (secondary N) is 2. The minimum Gasteiger partial charge on any atom is -0.356 e. The van der Waals surface area contributed by atoms with Crippen LogP contribution in [0.15, 0.2) is 15.5 Å². The van der Waals surface area contributed by atoms with Gasteiger partial charge in [-0.25, -0.2) is 4.98 Å². The van der Waals surface area contributed by atoms with Gasteiger partial charge in [0, 0.05) is 44.4 Å². The van der Waals surface area contributed by atoms with Gasteiger partial charge in [0.25, 0.3) is 0 Å². The van der Waals surface area contributed by atoms with Gasteiger partial charge in [0.05, 0.1) is 10.7 Å². The first-order valence-electron chi connectivity index (χ1n) is 10.0. The van der Waals surface area contributed by atoms with E-state index in [1.807, 2.05) is 14.0 Å². The van der Waals surface area contributed by atoms with Crippen LogP contribution >= 0.6 is 23.1 Å². The second-order valence-electron chi connectivity index (χ2n) is 7.05. The van der Waals surface area contributed by atoms with E-state index in [2.05, 4.69) is 47.0 Å². The largest absolute Gasteiger partial charge is 0.356 e. The Bertz CT molecular complexity index is 762. The van der Waals surface area contributed by atoms with Crippen molar-refractivity contribution in [3.63, 3.8) is 0 Å². The van der Waals surface area contributed by atoms with Gasteiger partial charge in [-0.15, -0.1) is 21.5 Å². The summed E-state index contributed by atoms with van der Waals surface area (Å²) < 4.78 is 2.39. The fourth-order valence-electron chi connectivity index (χ4n) is 3.65. The van der Waals surface area contributed by atoms with Crippen molar-refractivity contribution in [3.05, 3.63) is 21.9 Å². The van der Waals surface area contributed by atoms with Crippen molar-refractivity contribution in [1.82, 2.24) is 30.4 Å². The number of hydrogen-bond acceptors (Lipinski definition) is 6. The zero-order chi connectivity index (χ0) is 19.8. The lowest BCUT2D eigenvalue weighted by atomic mass is 10.2. The number of aromatic nitrogens is 4. The predicted molar refractivity (Wildman–Crippen MR) is 118 cm³/mol. The summed E-state index contributed by atoms with van der Waals surface area (Å²) in [5, 5.41) is 19.9. The molecule has 0 aromatic carbocycles. The summed E-state index contributed by atoms with van der Waals surface area (Å²) in [5.74, 6) is 1.97. The molecule has 0 atom stereocenters. The van der Waals surface area contributed by atoms with Crippen molar-refractivity contribution < 1.29 is 0 Å². The van der Waals surface area contributed by atoms with Crippen LogP contribution in [-0.4, -0.2) is 52.1 Å². The van der Waals surface area contributed by atoms with Crippen LogP contribution in [0, 0.1) is 6.92 Å². The minimum absolute atomic E-state index is 0.587. The standard InChI is InChI=1S/C19H31N7S2/c1-14-23-15(13-28-14)10-12-22-18(20-2)21-11-6-9-17-24-25-19(27-3)26(17)16-7-4-5-8-16/h13,16H,4-12H2,1-3H3,(H2,20,21,22). The van der Waals surface area contributed by atoms with Crippen molar-refractivity contribution in [2.75, 3.05) is 26.4 Å². The SMILES string of the molecule is CN=C(NCCCc1nnc(SC)n1C1CCCC1)NCCc1csc(C)n1. The van der Waals surface area contributed by atoms with Gasteiger partial charge >= 0.3 is 0 Å². The molecule has 7 nitrogen and oxygen atoms in total. The molecule has 3 rings (SSSR count). The van der Waals surface area contributed by atoms with E-state index in [1.54, 1.807) is 23.1 Å². The third-order valence-corrected chi connectivity index (χ3v) is 6.51. The van der Waals surface area contributed by atoms with Crippen molar-refractivity contribution in [2.45, 2.75) is 63.1 Å². The monoisotopic (exact) mass is 421 g/mol. The summed E-state index contributed by atoms with van der Waals surface area (Å²) in [5.41, 5.74) is 1.14.